The van der Waals surface area contributed by atoms with Crippen molar-refractivity contribution in [1.82, 2.24) is 4.90 Å². The van der Waals surface area contributed by atoms with Gasteiger partial charge in [-0.1, -0.05) is 36.9 Å². The molecule has 0 aliphatic carbocycles. The topological polar surface area (TPSA) is 102 Å². The molecule has 0 fully saturated rings. The van der Waals surface area contributed by atoms with Gasteiger partial charge in [0.05, 0.1) is 31.5 Å². The first-order chi connectivity index (χ1) is 17.5. The highest BCUT2D eigenvalue weighted by molar-refractivity contribution is 6.16. The summed E-state index contributed by atoms with van der Waals surface area (Å²) in [4.78, 5) is 28.4. The smallest absolute Gasteiger partial charge is 0.290 e. The van der Waals surface area contributed by atoms with Gasteiger partial charge < -0.3 is 28.3 Å². The van der Waals surface area contributed by atoms with Gasteiger partial charge in [-0.05, 0) is 42.0 Å². The number of ketones is 1. The lowest BCUT2D eigenvalue weighted by Gasteiger charge is -2.26. The van der Waals surface area contributed by atoms with E-state index in [4.69, 9.17) is 18.3 Å². The van der Waals surface area contributed by atoms with Crippen LogP contribution in [0.15, 0.2) is 99.7 Å². The molecule has 0 radical (unpaired) electrons. The van der Waals surface area contributed by atoms with Gasteiger partial charge in [0.25, 0.3) is 5.91 Å². The number of carbonyl (C=O) groups is 2. The molecule has 5 rings (SSSR count). The van der Waals surface area contributed by atoms with E-state index in [2.05, 4.69) is 6.58 Å². The first-order valence-corrected chi connectivity index (χ1v) is 11.2. The average molecular weight is 485 g/mol. The molecule has 0 spiro atoms. The minimum Gasteiger partial charge on any atom is -0.503 e. The maximum Gasteiger partial charge on any atom is 0.290 e. The van der Waals surface area contributed by atoms with Gasteiger partial charge in [-0.25, -0.2) is 0 Å². The zero-order valence-corrected chi connectivity index (χ0v) is 19.5. The number of amides is 1. The van der Waals surface area contributed by atoms with E-state index in [-0.39, 0.29) is 24.5 Å². The number of hydrogen-bond acceptors (Lipinski definition) is 7. The second-order valence-corrected chi connectivity index (χ2v) is 8.17. The van der Waals surface area contributed by atoms with E-state index < -0.39 is 23.5 Å². The summed E-state index contributed by atoms with van der Waals surface area (Å²) in [7, 11) is 1.51. The van der Waals surface area contributed by atoms with Crippen molar-refractivity contribution in [3.63, 3.8) is 0 Å². The highest BCUT2D eigenvalue weighted by Crippen LogP contribution is 2.41. The molecule has 2 aromatic heterocycles. The summed E-state index contributed by atoms with van der Waals surface area (Å²) in [5, 5.41) is 11.6. The SMILES string of the molecule is C=CCOc1cccc([C@@H]2C(C(=O)c3cc4cccc(OC)c4o3)=C(O)C(=O)N2Cc2ccco2)c1. The molecule has 0 bridgehead atoms. The van der Waals surface area contributed by atoms with E-state index in [0.717, 1.165) is 0 Å². The second kappa shape index (κ2) is 9.50. The normalized spacial score (nSPS) is 15.5. The molecule has 0 saturated heterocycles. The van der Waals surface area contributed by atoms with E-state index in [1.807, 2.05) is 0 Å². The van der Waals surface area contributed by atoms with Crippen LogP contribution in [0, 0.1) is 0 Å². The Balaban J connectivity index is 1.60. The maximum absolute atomic E-state index is 13.8. The van der Waals surface area contributed by atoms with Crippen molar-refractivity contribution in [2.75, 3.05) is 13.7 Å². The van der Waals surface area contributed by atoms with Crippen molar-refractivity contribution < 1.29 is 33.0 Å². The molecular formula is C28H23NO7. The molecule has 2 aromatic carbocycles. The van der Waals surface area contributed by atoms with Gasteiger partial charge in [0.1, 0.15) is 18.1 Å². The van der Waals surface area contributed by atoms with Crippen LogP contribution in [0.1, 0.15) is 27.9 Å². The average Bonchev–Trinajstić information content (AvgIpc) is 3.62. The third kappa shape index (κ3) is 4.02. The number of methoxy groups -OCH3 is 1. The Morgan fingerprint density at radius 3 is 2.75 bits per heavy atom. The van der Waals surface area contributed by atoms with Gasteiger partial charge in [0.2, 0.25) is 5.78 Å². The lowest BCUT2D eigenvalue weighted by Crippen LogP contribution is -2.30. The van der Waals surface area contributed by atoms with Crippen LogP contribution in [0.25, 0.3) is 11.0 Å². The van der Waals surface area contributed by atoms with Crippen molar-refractivity contribution in [2.24, 2.45) is 0 Å². The Morgan fingerprint density at radius 1 is 1.17 bits per heavy atom. The number of fused-ring (bicyclic) bond motifs is 1. The van der Waals surface area contributed by atoms with E-state index in [9.17, 15) is 14.7 Å². The lowest BCUT2D eigenvalue weighted by atomic mass is 9.94. The highest BCUT2D eigenvalue weighted by Gasteiger charge is 2.45. The van der Waals surface area contributed by atoms with Gasteiger partial charge in [0.15, 0.2) is 22.9 Å². The van der Waals surface area contributed by atoms with E-state index in [1.165, 1.54) is 18.3 Å². The fraction of sp³-hybridized carbons (Fsp3) is 0.143. The summed E-state index contributed by atoms with van der Waals surface area (Å²) in [6, 6.07) is 16.4. The predicted octanol–water partition coefficient (Wildman–Crippen LogP) is 5.38. The van der Waals surface area contributed by atoms with Crippen molar-refractivity contribution in [3.8, 4) is 11.5 Å². The Kier molecular flexibility index (Phi) is 6.08. The minimum atomic E-state index is -0.905. The molecule has 1 aliphatic rings. The number of carbonyl (C=O) groups excluding carboxylic acids is 2. The van der Waals surface area contributed by atoms with Crippen LogP contribution >= 0.6 is 0 Å². The van der Waals surface area contributed by atoms with Crippen LogP contribution < -0.4 is 9.47 Å². The third-order valence-electron chi connectivity index (χ3n) is 5.95. The largest absolute Gasteiger partial charge is 0.503 e. The number of nitrogens with zero attached hydrogens (tertiary/aromatic N) is 1. The standard InChI is InChI=1S/C28H23NO7/c1-3-12-34-19-9-4-7-17(14-19)24-23(26(31)28(32)29(24)16-20-10-6-13-35-20)25(30)22-15-18-8-5-11-21(33-2)27(18)36-22/h3-11,13-15,24,31H,1,12,16H2,2H3/t24-/m1/s1. The summed E-state index contributed by atoms with van der Waals surface area (Å²) in [6.45, 7) is 3.99. The fourth-order valence-electron chi connectivity index (χ4n) is 4.34. The molecule has 0 unspecified atom stereocenters. The van der Waals surface area contributed by atoms with Crippen molar-refractivity contribution in [3.05, 3.63) is 108 Å². The molecular weight excluding hydrogens is 462 g/mol. The van der Waals surface area contributed by atoms with Gasteiger partial charge in [0, 0.05) is 5.39 Å². The molecule has 36 heavy (non-hydrogen) atoms. The zero-order valence-electron chi connectivity index (χ0n) is 19.5. The number of aliphatic hydroxyl groups excluding tert-OH is 1. The first-order valence-electron chi connectivity index (χ1n) is 11.2. The molecule has 1 aliphatic heterocycles. The van der Waals surface area contributed by atoms with Crippen LogP contribution in [0.5, 0.6) is 11.5 Å². The zero-order chi connectivity index (χ0) is 25.2. The Morgan fingerprint density at radius 2 is 2.00 bits per heavy atom. The Labute approximate surface area is 206 Å². The summed E-state index contributed by atoms with van der Waals surface area (Å²) >= 11 is 0. The molecule has 8 nitrogen and oxygen atoms in total. The number of aliphatic hydroxyl groups is 1. The van der Waals surface area contributed by atoms with Gasteiger partial charge >= 0.3 is 0 Å². The quantitative estimate of drug-likeness (QED) is 0.251. The highest BCUT2D eigenvalue weighted by atomic mass is 16.5. The van der Waals surface area contributed by atoms with Crippen LogP contribution in [-0.2, 0) is 11.3 Å². The number of Topliss-reactive ketones (excluding diaryl/α,β-unsaturated/α-hetero) is 1. The number of benzene rings is 2. The monoisotopic (exact) mass is 485 g/mol. The summed E-state index contributed by atoms with van der Waals surface area (Å²) in [5.41, 5.74) is 0.889. The van der Waals surface area contributed by atoms with Crippen LogP contribution in [0.2, 0.25) is 0 Å². The lowest BCUT2D eigenvalue weighted by molar-refractivity contribution is -0.130. The van der Waals surface area contributed by atoms with Crippen LogP contribution in [0.4, 0.5) is 0 Å². The van der Waals surface area contributed by atoms with E-state index in [0.29, 0.717) is 33.8 Å². The number of para-hydroxylation sites is 1. The van der Waals surface area contributed by atoms with Gasteiger partial charge in [-0.2, -0.15) is 0 Å². The third-order valence-corrected chi connectivity index (χ3v) is 5.95. The Bertz CT molecular complexity index is 1480. The Hall–Kier alpha value is -4.72. The number of rotatable bonds is 9. The van der Waals surface area contributed by atoms with Crippen LogP contribution in [-0.4, -0.2) is 35.4 Å². The van der Waals surface area contributed by atoms with Crippen molar-refractivity contribution >= 4 is 22.7 Å². The number of furan rings is 2. The molecule has 4 aromatic rings. The molecule has 1 amide bonds. The van der Waals surface area contributed by atoms with Crippen molar-refractivity contribution in [1.29, 1.82) is 0 Å². The molecule has 182 valence electrons. The fourth-order valence-corrected chi connectivity index (χ4v) is 4.34. The molecule has 1 atom stereocenters. The second-order valence-electron chi connectivity index (χ2n) is 8.17. The minimum absolute atomic E-state index is 0.0206. The molecule has 3 heterocycles. The summed E-state index contributed by atoms with van der Waals surface area (Å²) < 4.78 is 22.3. The number of hydrogen-bond donors (Lipinski definition) is 1. The van der Waals surface area contributed by atoms with Crippen molar-refractivity contribution in [2.45, 2.75) is 12.6 Å². The molecule has 0 saturated carbocycles. The van der Waals surface area contributed by atoms with E-state index in [1.54, 1.807) is 66.7 Å². The van der Waals surface area contributed by atoms with E-state index >= 15 is 0 Å². The maximum atomic E-state index is 13.8. The predicted molar refractivity (Wildman–Crippen MR) is 131 cm³/mol. The van der Waals surface area contributed by atoms with Crippen LogP contribution in [0.3, 0.4) is 0 Å². The summed E-state index contributed by atoms with van der Waals surface area (Å²) in [6.07, 6.45) is 3.11. The number of ether oxygens (including phenoxy) is 2. The molecule has 1 N–H and O–H groups in total. The summed E-state index contributed by atoms with van der Waals surface area (Å²) in [5.74, 6) is -0.453. The first kappa shape index (κ1) is 23.0. The van der Waals surface area contributed by atoms with Gasteiger partial charge in [-0.3, -0.25) is 9.59 Å². The van der Waals surface area contributed by atoms with Gasteiger partial charge in [-0.15, -0.1) is 0 Å². The molecule has 8 heteroatoms.